The Balaban J connectivity index is 3.47. The van der Waals surface area contributed by atoms with Crippen molar-refractivity contribution >= 4 is 15.5 Å². The summed E-state index contributed by atoms with van der Waals surface area (Å²) in [6, 6.07) is 2.70. The maximum absolute atomic E-state index is 13.1. The lowest BCUT2D eigenvalue weighted by molar-refractivity contribution is 0.521. The van der Waals surface area contributed by atoms with Crippen molar-refractivity contribution in [3.8, 4) is 6.07 Å². The van der Waals surface area contributed by atoms with Crippen LogP contribution in [0.5, 0.6) is 0 Å². The zero-order chi connectivity index (χ0) is 11.6. The third-order valence-corrected chi connectivity index (χ3v) is 3.11. The number of nitrogens with zero attached hydrogens (tertiary/aromatic N) is 1. The van der Waals surface area contributed by atoms with Crippen LogP contribution in [0.1, 0.15) is 0 Å². The number of hydrogen-bond donors (Lipinski definition) is 1. The number of rotatable bonds is 2. The topological polar surface area (TPSA) is 84.0 Å². The molecule has 0 unspecified atom stereocenters. The molecule has 80 valence electrons. The van der Waals surface area contributed by atoms with Gasteiger partial charge in [-0.3, -0.25) is 0 Å². The molecule has 0 aromatic heterocycles. The minimum atomic E-state index is -4.26. The van der Waals surface area contributed by atoms with Crippen molar-refractivity contribution in [1.29, 1.82) is 5.26 Å². The van der Waals surface area contributed by atoms with Crippen molar-refractivity contribution in [3.63, 3.8) is 0 Å². The van der Waals surface area contributed by atoms with Crippen LogP contribution in [0.3, 0.4) is 0 Å². The number of sulfone groups is 1. The fourth-order valence-electron chi connectivity index (χ4n) is 1.03. The molecule has 0 saturated heterocycles. The molecule has 1 rings (SSSR count). The summed E-state index contributed by atoms with van der Waals surface area (Å²) in [5, 5.41) is 8.20. The summed E-state index contributed by atoms with van der Waals surface area (Å²) in [5.74, 6) is -3.56. The van der Waals surface area contributed by atoms with Crippen LogP contribution >= 0.6 is 0 Å². The molecule has 0 atom stereocenters. The lowest BCUT2D eigenvalue weighted by Crippen LogP contribution is -2.10. The second-order valence-electron chi connectivity index (χ2n) is 2.73. The molecule has 0 aliphatic rings. The van der Waals surface area contributed by atoms with E-state index >= 15 is 0 Å². The second-order valence-corrected chi connectivity index (χ2v) is 4.66. The Kier molecular flexibility index (Phi) is 2.90. The second kappa shape index (κ2) is 3.82. The third-order valence-electron chi connectivity index (χ3n) is 1.59. The summed E-state index contributed by atoms with van der Waals surface area (Å²) in [6.45, 7) is 0. The minimum Gasteiger partial charge on any atom is -0.399 e. The van der Waals surface area contributed by atoms with E-state index in [4.69, 9.17) is 11.0 Å². The minimum absolute atomic E-state index is 0.221. The molecular formula is C8H6F2N2O2S. The van der Waals surface area contributed by atoms with Crippen LogP contribution in [0.25, 0.3) is 0 Å². The van der Waals surface area contributed by atoms with Gasteiger partial charge in [-0.2, -0.15) is 5.26 Å². The Morgan fingerprint density at radius 3 is 2.20 bits per heavy atom. The van der Waals surface area contributed by atoms with Crippen molar-refractivity contribution < 1.29 is 17.2 Å². The molecule has 0 aliphatic heterocycles. The van der Waals surface area contributed by atoms with E-state index in [9.17, 15) is 17.2 Å². The molecule has 1 aromatic carbocycles. The molecule has 7 heteroatoms. The van der Waals surface area contributed by atoms with E-state index in [0.29, 0.717) is 12.1 Å². The van der Waals surface area contributed by atoms with Gasteiger partial charge in [0.15, 0.2) is 9.84 Å². The van der Waals surface area contributed by atoms with Crippen molar-refractivity contribution in [1.82, 2.24) is 0 Å². The van der Waals surface area contributed by atoms with E-state index in [0.717, 1.165) is 0 Å². The first-order valence-corrected chi connectivity index (χ1v) is 5.38. The van der Waals surface area contributed by atoms with Crippen molar-refractivity contribution in [2.24, 2.45) is 0 Å². The van der Waals surface area contributed by atoms with Crippen molar-refractivity contribution in [2.75, 3.05) is 11.5 Å². The van der Waals surface area contributed by atoms with Gasteiger partial charge < -0.3 is 5.73 Å². The van der Waals surface area contributed by atoms with Crippen LogP contribution in [0.2, 0.25) is 0 Å². The number of hydrogen-bond acceptors (Lipinski definition) is 4. The zero-order valence-electron chi connectivity index (χ0n) is 7.37. The predicted octanol–water partition coefficient (Wildman–Crippen LogP) is 0.844. The molecule has 4 nitrogen and oxygen atoms in total. The largest absolute Gasteiger partial charge is 0.399 e. The molecule has 1 aromatic rings. The van der Waals surface area contributed by atoms with Gasteiger partial charge in [-0.15, -0.1) is 0 Å². The van der Waals surface area contributed by atoms with Gasteiger partial charge in [0.1, 0.15) is 22.3 Å². The van der Waals surface area contributed by atoms with Gasteiger partial charge in [-0.05, 0) is 12.1 Å². The molecule has 0 saturated carbocycles. The van der Waals surface area contributed by atoms with Crippen LogP contribution in [0.15, 0.2) is 17.0 Å². The van der Waals surface area contributed by atoms with E-state index < -0.39 is 32.1 Å². The first kappa shape index (κ1) is 11.4. The van der Waals surface area contributed by atoms with E-state index in [1.165, 1.54) is 6.07 Å². The van der Waals surface area contributed by atoms with Crippen LogP contribution in [0, 0.1) is 23.0 Å². The Bertz CT molecular complexity index is 511. The van der Waals surface area contributed by atoms with E-state index in [2.05, 4.69) is 0 Å². The number of nitrogens with two attached hydrogens (primary N) is 1. The molecule has 0 bridgehead atoms. The Morgan fingerprint density at radius 1 is 1.33 bits per heavy atom. The fraction of sp³-hybridized carbons (Fsp3) is 0.125. The standard InChI is InChI=1S/C8H6F2N2O2S/c9-6-3-5(12)4-7(10)8(6)15(13,14)2-1-11/h3-4H,2,12H2. The predicted molar refractivity (Wildman–Crippen MR) is 48.4 cm³/mol. The van der Waals surface area contributed by atoms with Gasteiger partial charge in [-0.1, -0.05) is 0 Å². The number of halogens is 2. The first-order chi connectivity index (χ1) is 6.88. The van der Waals surface area contributed by atoms with E-state index in [1.54, 1.807) is 0 Å². The maximum Gasteiger partial charge on any atom is 0.197 e. The maximum atomic E-state index is 13.1. The van der Waals surface area contributed by atoms with Gasteiger partial charge in [0.2, 0.25) is 0 Å². The van der Waals surface area contributed by atoms with Gasteiger partial charge in [0.25, 0.3) is 0 Å². The zero-order valence-corrected chi connectivity index (χ0v) is 8.18. The van der Waals surface area contributed by atoms with Crippen molar-refractivity contribution in [2.45, 2.75) is 4.90 Å². The molecule has 0 heterocycles. The highest BCUT2D eigenvalue weighted by Gasteiger charge is 2.24. The molecule has 15 heavy (non-hydrogen) atoms. The normalized spacial score (nSPS) is 11.0. The Morgan fingerprint density at radius 2 is 1.80 bits per heavy atom. The summed E-state index contributed by atoms with van der Waals surface area (Å²) in [4.78, 5) is -1.11. The number of nitrogen functional groups attached to an aromatic ring is 1. The number of anilines is 1. The lowest BCUT2D eigenvalue weighted by atomic mass is 10.3. The van der Waals surface area contributed by atoms with Gasteiger partial charge >= 0.3 is 0 Å². The summed E-state index contributed by atoms with van der Waals surface area (Å²) in [5.41, 5.74) is 4.88. The van der Waals surface area contributed by atoms with Gasteiger partial charge in [0.05, 0.1) is 6.07 Å². The first-order valence-electron chi connectivity index (χ1n) is 3.72. The van der Waals surface area contributed by atoms with Crippen LogP contribution in [-0.2, 0) is 9.84 Å². The SMILES string of the molecule is N#CCS(=O)(=O)c1c(F)cc(N)cc1F. The molecule has 0 aliphatic carbocycles. The smallest absolute Gasteiger partial charge is 0.197 e. The Hall–Kier alpha value is -1.68. The molecule has 0 radical (unpaired) electrons. The number of benzene rings is 1. The average Bonchev–Trinajstić information content (AvgIpc) is 1.99. The summed E-state index contributed by atoms with van der Waals surface area (Å²) in [7, 11) is -4.26. The highest BCUT2D eigenvalue weighted by molar-refractivity contribution is 7.91. The number of nitriles is 1. The molecule has 0 amide bonds. The van der Waals surface area contributed by atoms with E-state index in [-0.39, 0.29) is 5.69 Å². The lowest BCUT2D eigenvalue weighted by Gasteiger charge is -2.04. The molecule has 0 fully saturated rings. The highest BCUT2D eigenvalue weighted by Crippen LogP contribution is 2.22. The van der Waals surface area contributed by atoms with Gasteiger partial charge in [-0.25, -0.2) is 17.2 Å². The van der Waals surface area contributed by atoms with Crippen LogP contribution in [-0.4, -0.2) is 14.2 Å². The average molecular weight is 232 g/mol. The monoisotopic (exact) mass is 232 g/mol. The quantitative estimate of drug-likeness (QED) is 0.766. The molecule has 2 N–H and O–H groups in total. The van der Waals surface area contributed by atoms with Crippen LogP contribution < -0.4 is 5.73 Å². The third kappa shape index (κ3) is 2.22. The summed E-state index contributed by atoms with van der Waals surface area (Å²) < 4.78 is 48.7. The molecule has 0 spiro atoms. The fourth-order valence-corrected chi connectivity index (χ4v) is 2.06. The van der Waals surface area contributed by atoms with Crippen LogP contribution in [0.4, 0.5) is 14.5 Å². The van der Waals surface area contributed by atoms with Crippen molar-refractivity contribution in [3.05, 3.63) is 23.8 Å². The summed E-state index contributed by atoms with van der Waals surface area (Å²) in [6.07, 6.45) is 0. The Labute approximate surface area is 84.9 Å². The molecular weight excluding hydrogens is 226 g/mol. The van der Waals surface area contributed by atoms with Gasteiger partial charge in [0, 0.05) is 5.69 Å². The summed E-state index contributed by atoms with van der Waals surface area (Å²) >= 11 is 0. The van der Waals surface area contributed by atoms with E-state index in [1.807, 2.05) is 0 Å². The highest BCUT2D eigenvalue weighted by atomic mass is 32.2.